The predicted octanol–water partition coefficient (Wildman–Crippen LogP) is 2.75. The Kier molecular flexibility index (Phi) is 5.22. The molecule has 0 saturated carbocycles. The molecule has 1 amide bonds. The van der Waals surface area contributed by atoms with Crippen LogP contribution in [0.25, 0.3) is 0 Å². The van der Waals surface area contributed by atoms with Gasteiger partial charge in [0, 0.05) is 5.56 Å². The molecule has 0 spiro atoms. The Hall–Kier alpha value is -1.48. The van der Waals surface area contributed by atoms with Crippen molar-refractivity contribution in [1.29, 1.82) is 0 Å². The van der Waals surface area contributed by atoms with Crippen LogP contribution in [-0.2, 0) is 12.4 Å². The lowest BCUT2D eigenvalue weighted by atomic mass is 10.0. The molecule has 1 aromatic carbocycles. The van der Waals surface area contributed by atoms with Gasteiger partial charge in [0.1, 0.15) is 0 Å². The van der Waals surface area contributed by atoms with E-state index in [4.69, 9.17) is 0 Å². The molecule has 0 fully saturated rings. The SMILES string of the molecule is Cl.NNC(=O)c1cc(C(F)(F)F)cc(C(F)(F)F)c1. The van der Waals surface area contributed by atoms with Gasteiger partial charge in [0.05, 0.1) is 11.1 Å². The third-order valence-electron chi connectivity index (χ3n) is 1.98. The molecule has 0 aromatic heterocycles. The Morgan fingerprint density at radius 2 is 1.32 bits per heavy atom. The lowest BCUT2D eigenvalue weighted by Crippen LogP contribution is -2.30. The van der Waals surface area contributed by atoms with Gasteiger partial charge in [-0.15, -0.1) is 12.4 Å². The first kappa shape index (κ1) is 17.5. The van der Waals surface area contributed by atoms with Crippen molar-refractivity contribution in [1.82, 2.24) is 5.43 Å². The topological polar surface area (TPSA) is 55.1 Å². The lowest BCUT2D eigenvalue weighted by molar-refractivity contribution is -0.143. The zero-order valence-electron chi connectivity index (χ0n) is 8.89. The zero-order valence-corrected chi connectivity index (χ0v) is 9.71. The first-order chi connectivity index (χ1) is 8.05. The number of halogens is 7. The van der Waals surface area contributed by atoms with Crippen LogP contribution >= 0.6 is 12.4 Å². The Morgan fingerprint density at radius 1 is 0.947 bits per heavy atom. The number of hydrazine groups is 1. The maximum atomic E-state index is 12.4. The molecular weight excluding hydrogens is 302 g/mol. The van der Waals surface area contributed by atoms with Crippen LogP contribution in [0.1, 0.15) is 21.5 Å². The molecule has 1 rings (SSSR count). The summed E-state index contributed by atoms with van der Waals surface area (Å²) in [5, 5.41) is 0. The number of carbonyl (C=O) groups excluding carboxylic acids is 1. The molecule has 19 heavy (non-hydrogen) atoms. The molecule has 0 radical (unpaired) electrons. The van der Waals surface area contributed by atoms with E-state index in [9.17, 15) is 31.1 Å². The molecule has 0 atom stereocenters. The highest BCUT2D eigenvalue weighted by molar-refractivity contribution is 5.94. The molecule has 0 aliphatic carbocycles. The molecule has 3 N–H and O–H groups in total. The van der Waals surface area contributed by atoms with E-state index in [1.165, 1.54) is 5.43 Å². The average molecular weight is 309 g/mol. The van der Waals surface area contributed by atoms with Gasteiger partial charge < -0.3 is 0 Å². The first-order valence-electron chi connectivity index (χ1n) is 4.36. The van der Waals surface area contributed by atoms with Crippen LogP contribution in [0.4, 0.5) is 26.3 Å². The van der Waals surface area contributed by atoms with Gasteiger partial charge in [-0.05, 0) is 18.2 Å². The minimum atomic E-state index is -5.00. The highest BCUT2D eigenvalue weighted by atomic mass is 35.5. The summed E-state index contributed by atoms with van der Waals surface area (Å²) in [5.41, 5.74) is -2.50. The lowest BCUT2D eigenvalue weighted by Gasteiger charge is -2.13. The van der Waals surface area contributed by atoms with Crippen molar-refractivity contribution in [2.45, 2.75) is 12.4 Å². The zero-order chi connectivity index (χ0) is 14.1. The summed E-state index contributed by atoms with van der Waals surface area (Å²) in [6, 6.07) is 0.502. The third kappa shape index (κ3) is 4.28. The van der Waals surface area contributed by atoms with Crippen LogP contribution < -0.4 is 11.3 Å². The second-order valence-corrected chi connectivity index (χ2v) is 3.27. The Labute approximate surface area is 109 Å². The molecule has 3 nitrogen and oxygen atoms in total. The maximum Gasteiger partial charge on any atom is 0.416 e. The van der Waals surface area contributed by atoms with Crippen LogP contribution in [0.15, 0.2) is 18.2 Å². The van der Waals surface area contributed by atoms with Gasteiger partial charge in [-0.3, -0.25) is 10.2 Å². The van der Waals surface area contributed by atoms with Gasteiger partial charge in [-0.25, -0.2) is 5.84 Å². The molecular formula is C9H7ClF6N2O. The van der Waals surface area contributed by atoms with E-state index < -0.39 is 35.0 Å². The minimum Gasteiger partial charge on any atom is -0.290 e. The summed E-state index contributed by atoms with van der Waals surface area (Å²) < 4.78 is 74.2. The summed E-state index contributed by atoms with van der Waals surface area (Å²) in [5.74, 6) is 3.42. The first-order valence-corrected chi connectivity index (χ1v) is 4.36. The van der Waals surface area contributed by atoms with Crippen LogP contribution in [0, 0.1) is 0 Å². The fraction of sp³-hybridized carbons (Fsp3) is 0.222. The number of carbonyl (C=O) groups is 1. The second kappa shape index (κ2) is 5.66. The van der Waals surface area contributed by atoms with Crippen LogP contribution in [0.2, 0.25) is 0 Å². The quantitative estimate of drug-likeness (QED) is 0.363. The maximum absolute atomic E-state index is 12.4. The van der Waals surface area contributed by atoms with Crippen molar-refractivity contribution >= 4 is 18.3 Å². The summed E-state index contributed by atoms with van der Waals surface area (Å²) in [6.45, 7) is 0. The highest BCUT2D eigenvalue weighted by Crippen LogP contribution is 2.36. The average Bonchev–Trinajstić information content (AvgIpc) is 2.25. The third-order valence-corrected chi connectivity index (χ3v) is 1.98. The molecule has 108 valence electrons. The largest absolute Gasteiger partial charge is 0.416 e. The van der Waals surface area contributed by atoms with Crippen molar-refractivity contribution in [3.8, 4) is 0 Å². The van der Waals surface area contributed by atoms with Crippen molar-refractivity contribution in [2.24, 2.45) is 5.84 Å². The van der Waals surface area contributed by atoms with Gasteiger partial charge >= 0.3 is 12.4 Å². The van der Waals surface area contributed by atoms with Gasteiger partial charge in [0.25, 0.3) is 5.91 Å². The number of rotatable bonds is 1. The van der Waals surface area contributed by atoms with Crippen LogP contribution in [-0.4, -0.2) is 5.91 Å². The minimum absolute atomic E-state index is 0. The molecule has 1 aromatic rings. The number of nitrogens with two attached hydrogens (primary N) is 1. The molecule has 10 heteroatoms. The molecule has 0 heterocycles. The summed E-state index contributed by atoms with van der Waals surface area (Å²) >= 11 is 0. The number of hydrogen-bond acceptors (Lipinski definition) is 2. The van der Waals surface area contributed by atoms with E-state index in [1.54, 1.807) is 0 Å². The van der Waals surface area contributed by atoms with Crippen molar-refractivity contribution in [3.05, 3.63) is 34.9 Å². The predicted molar refractivity (Wildman–Crippen MR) is 55.3 cm³/mol. The van der Waals surface area contributed by atoms with Crippen molar-refractivity contribution in [3.63, 3.8) is 0 Å². The second-order valence-electron chi connectivity index (χ2n) is 3.27. The standard InChI is InChI=1S/C9H6F6N2O.ClH/c10-8(11,12)5-1-4(7(18)17-16)2-6(3-5)9(13,14)15;/h1-3H,16H2,(H,17,18);1H. The van der Waals surface area contributed by atoms with Gasteiger partial charge in [-0.1, -0.05) is 0 Å². The number of nitrogens with one attached hydrogen (secondary N) is 1. The summed E-state index contributed by atoms with van der Waals surface area (Å²) in [7, 11) is 0. The Balaban J connectivity index is 0.00000324. The number of amides is 1. The van der Waals surface area contributed by atoms with Gasteiger partial charge in [0.2, 0.25) is 0 Å². The monoisotopic (exact) mass is 308 g/mol. The van der Waals surface area contributed by atoms with E-state index in [2.05, 4.69) is 5.84 Å². The Bertz CT molecular complexity index is 439. The number of benzene rings is 1. The number of alkyl halides is 6. The van der Waals surface area contributed by atoms with E-state index in [1.807, 2.05) is 0 Å². The summed E-state index contributed by atoms with van der Waals surface area (Å²) in [4.78, 5) is 11.0. The van der Waals surface area contributed by atoms with E-state index in [-0.39, 0.29) is 30.6 Å². The molecule has 0 bridgehead atoms. The Morgan fingerprint density at radius 3 is 1.58 bits per heavy atom. The normalized spacial score (nSPS) is 11.7. The van der Waals surface area contributed by atoms with E-state index in [0.717, 1.165) is 0 Å². The van der Waals surface area contributed by atoms with Gasteiger partial charge in [0.15, 0.2) is 0 Å². The molecule has 0 aliphatic rings. The van der Waals surface area contributed by atoms with E-state index in [0.29, 0.717) is 0 Å². The van der Waals surface area contributed by atoms with Crippen LogP contribution in [0.5, 0.6) is 0 Å². The van der Waals surface area contributed by atoms with Crippen molar-refractivity contribution in [2.75, 3.05) is 0 Å². The highest BCUT2D eigenvalue weighted by Gasteiger charge is 2.37. The molecule has 0 unspecified atom stereocenters. The number of hydrogen-bond donors (Lipinski definition) is 2. The number of nitrogen functional groups attached to an aromatic ring is 1. The smallest absolute Gasteiger partial charge is 0.290 e. The van der Waals surface area contributed by atoms with Crippen molar-refractivity contribution < 1.29 is 31.1 Å². The molecule has 0 saturated heterocycles. The van der Waals surface area contributed by atoms with E-state index >= 15 is 0 Å². The van der Waals surface area contributed by atoms with Crippen LogP contribution in [0.3, 0.4) is 0 Å². The summed E-state index contributed by atoms with van der Waals surface area (Å²) in [6.07, 6.45) is -9.99. The fourth-order valence-electron chi connectivity index (χ4n) is 1.17. The fourth-order valence-corrected chi connectivity index (χ4v) is 1.17. The molecule has 0 aliphatic heterocycles. The van der Waals surface area contributed by atoms with Gasteiger partial charge in [-0.2, -0.15) is 26.3 Å².